The molecule has 0 fully saturated rings. The van der Waals surface area contributed by atoms with E-state index in [-0.39, 0.29) is 6.04 Å². The molecule has 2 aromatic heterocycles. The lowest BCUT2D eigenvalue weighted by molar-refractivity contribution is 0.711. The van der Waals surface area contributed by atoms with Crippen LogP contribution in [0.2, 0.25) is 0 Å². The summed E-state index contributed by atoms with van der Waals surface area (Å²) in [5, 5.41) is 6.78. The summed E-state index contributed by atoms with van der Waals surface area (Å²) in [6.45, 7) is 4.14. The van der Waals surface area contributed by atoms with Crippen molar-refractivity contribution in [3.8, 4) is 0 Å². The van der Waals surface area contributed by atoms with Crippen LogP contribution in [0.1, 0.15) is 28.6 Å². The summed E-state index contributed by atoms with van der Waals surface area (Å²) in [6.07, 6.45) is 4.50. The van der Waals surface area contributed by atoms with Gasteiger partial charge in [0.2, 0.25) is 0 Å². The third-order valence-corrected chi connectivity index (χ3v) is 4.20. The van der Waals surface area contributed by atoms with Crippen LogP contribution in [0.25, 0.3) is 10.8 Å². The van der Waals surface area contributed by atoms with Crippen molar-refractivity contribution in [3.63, 3.8) is 0 Å². The molecule has 0 aliphatic heterocycles. The van der Waals surface area contributed by atoms with Crippen LogP contribution in [0.15, 0.2) is 36.7 Å². The van der Waals surface area contributed by atoms with E-state index in [1.165, 1.54) is 16.6 Å². The molecule has 4 nitrogen and oxygen atoms in total. The summed E-state index contributed by atoms with van der Waals surface area (Å²) in [6, 6.07) is 8.21. The zero-order valence-electron chi connectivity index (χ0n) is 12.7. The molecule has 3 aromatic rings. The molecule has 0 saturated heterocycles. The quantitative estimate of drug-likeness (QED) is 0.802. The molecule has 1 atom stereocenters. The van der Waals surface area contributed by atoms with Crippen molar-refractivity contribution in [3.05, 3.63) is 59.2 Å². The standard InChI is InChI=1S/C17H20N4/c1-11-16(12(2)21(3)20-11)9-17(18)15-6-4-5-13-10-19-8-7-14(13)15/h4-8,10,17H,9,18H2,1-3H3. The van der Waals surface area contributed by atoms with Crippen LogP contribution < -0.4 is 5.73 Å². The summed E-state index contributed by atoms with van der Waals surface area (Å²) in [5.41, 5.74) is 11.1. The number of aryl methyl sites for hydroxylation is 2. The van der Waals surface area contributed by atoms with Gasteiger partial charge in [0.1, 0.15) is 0 Å². The average molecular weight is 280 g/mol. The van der Waals surface area contributed by atoms with E-state index in [0.29, 0.717) is 0 Å². The van der Waals surface area contributed by atoms with Crippen LogP contribution in [-0.4, -0.2) is 14.8 Å². The molecule has 0 amide bonds. The van der Waals surface area contributed by atoms with Gasteiger partial charge in [-0.1, -0.05) is 18.2 Å². The van der Waals surface area contributed by atoms with E-state index in [1.54, 1.807) is 0 Å². The maximum Gasteiger partial charge on any atom is 0.0629 e. The second-order valence-electron chi connectivity index (χ2n) is 5.53. The first-order valence-electron chi connectivity index (χ1n) is 7.15. The molecule has 0 saturated carbocycles. The monoisotopic (exact) mass is 280 g/mol. The van der Waals surface area contributed by atoms with Crippen molar-refractivity contribution >= 4 is 10.8 Å². The molecule has 0 spiro atoms. The Kier molecular flexibility index (Phi) is 3.47. The molecular weight excluding hydrogens is 260 g/mol. The molecule has 0 aliphatic rings. The van der Waals surface area contributed by atoms with Crippen molar-refractivity contribution in [2.24, 2.45) is 12.8 Å². The maximum absolute atomic E-state index is 6.48. The third kappa shape index (κ3) is 2.43. The fourth-order valence-corrected chi connectivity index (χ4v) is 2.91. The predicted octanol–water partition coefficient (Wildman–Crippen LogP) is 2.83. The van der Waals surface area contributed by atoms with Gasteiger partial charge in [-0.15, -0.1) is 0 Å². The minimum absolute atomic E-state index is 0.0438. The van der Waals surface area contributed by atoms with E-state index in [1.807, 2.05) is 43.2 Å². The van der Waals surface area contributed by atoms with Crippen LogP contribution in [0.3, 0.4) is 0 Å². The summed E-state index contributed by atoms with van der Waals surface area (Å²) in [7, 11) is 1.97. The van der Waals surface area contributed by atoms with Crippen LogP contribution in [-0.2, 0) is 13.5 Å². The first kappa shape index (κ1) is 13.8. The molecule has 0 radical (unpaired) electrons. The van der Waals surface area contributed by atoms with Gasteiger partial charge >= 0.3 is 0 Å². The van der Waals surface area contributed by atoms with E-state index < -0.39 is 0 Å². The highest BCUT2D eigenvalue weighted by atomic mass is 15.3. The smallest absolute Gasteiger partial charge is 0.0629 e. The Morgan fingerprint density at radius 3 is 2.76 bits per heavy atom. The van der Waals surface area contributed by atoms with Gasteiger partial charge in [-0.25, -0.2) is 0 Å². The Labute approximate surface area is 124 Å². The number of nitrogens with zero attached hydrogens (tertiary/aromatic N) is 3. The Hall–Kier alpha value is -2.20. The number of aromatic nitrogens is 3. The van der Waals surface area contributed by atoms with Crippen LogP contribution >= 0.6 is 0 Å². The topological polar surface area (TPSA) is 56.7 Å². The van der Waals surface area contributed by atoms with Crippen LogP contribution in [0, 0.1) is 13.8 Å². The molecular formula is C17H20N4. The lowest BCUT2D eigenvalue weighted by atomic mass is 9.95. The van der Waals surface area contributed by atoms with Crippen LogP contribution in [0.5, 0.6) is 0 Å². The van der Waals surface area contributed by atoms with Gasteiger partial charge in [-0.2, -0.15) is 5.10 Å². The highest BCUT2D eigenvalue weighted by Gasteiger charge is 2.16. The maximum atomic E-state index is 6.48. The Balaban J connectivity index is 1.99. The van der Waals surface area contributed by atoms with Gasteiger partial charge in [0.25, 0.3) is 0 Å². The second-order valence-corrected chi connectivity index (χ2v) is 5.53. The fourth-order valence-electron chi connectivity index (χ4n) is 2.91. The lowest BCUT2D eigenvalue weighted by Gasteiger charge is -2.15. The van der Waals surface area contributed by atoms with Crippen molar-refractivity contribution in [2.75, 3.05) is 0 Å². The predicted molar refractivity (Wildman–Crippen MR) is 85.1 cm³/mol. The Morgan fingerprint density at radius 2 is 2.05 bits per heavy atom. The molecule has 21 heavy (non-hydrogen) atoms. The third-order valence-electron chi connectivity index (χ3n) is 4.20. The number of nitrogens with two attached hydrogens (primary N) is 1. The zero-order chi connectivity index (χ0) is 15.0. The van der Waals surface area contributed by atoms with E-state index in [4.69, 9.17) is 5.73 Å². The van der Waals surface area contributed by atoms with E-state index >= 15 is 0 Å². The highest BCUT2D eigenvalue weighted by Crippen LogP contribution is 2.26. The van der Waals surface area contributed by atoms with Crippen LogP contribution in [0.4, 0.5) is 0 Å². The van der Waals surface area contributed by atoms with Crippen molar-refractivity contribution in [1.29, 1.82) is 0 Å². The van der Waals surface area contributed by atoms with E-state index in [2.05, 4.69) is 29.1 Å². The summed E-state index contributed by atoms with van der Waals surface area (Å²) < 4.78 is 1.92. The first-order valence-corrected chi connectivity index (χ1v) is 7.15. The zero-order valence-corrected chi connectivity index (χ0v) is 12.7. The molecule has 1 aromatic carbocycles. The van der Waals surface area contributed by atoms with E-state index in [9.17, 15) is 0 Å². The molecule has 2 N–H and O–H groups in total. The molecule has 108 valence electrons. The second kappa shape index (κ2) is 5.30. The van der Waals surface area contributed by atoms with Crippen molar-refractivity contribution in [1.82, 2.24) is 14.8 Å². The number of rotatable bonds is 3. The van der Waals surface area contributed by atoms with Gasteiger partial charge < -0.3 is 5.73 Å². The summed E-state index contributed by atoms with van der Waals surface area (Å²) in [5.74, 6) is 0. The van der Waals surface area contributed by atoms with E-state index in [0.717, 1.165) is 23.1 Å². The molecule has 3 rings (SSSR count). The average Bonchev–Trinajstić information content (AvgIpc) is 2.73. The van der Waals surface area contributed by atoms with Gasteiger partial charge in [0.15, 0.2) is 0 Å². The minimum Gasteiger partial charge on any atom is -0.324 e. The lowest BCUT2D eigenvalue weighted by Crippen LogP contribution is -2.14. The molecule has 0 bridgehead atoms. The fraction of sp³-hybridized carbons (Fsp3) is 0.294. The number of hydrogen-bond donors (Lipinski definition) is 1. The minimum atomic E-state index is -0.0438. The molecule has 2 heterocycles. The number of pyridine rings is 1. The summed E-state index contributed by atoms with van der Waals surface area (Å²) >= 11 is 0. The number of hydrogen-bond acceptors (Lipinski definition) is 3. The number of fused-ring (bicyclic) bond motifs is 1. The first-order chi connectivity index (χ1) is 10.1. The number of benzene rings is 1. The van der Waals surface area contributed by atoms with Crippen molar-refractivity contribution in [2.45, 2.75) is 26.3 Å². The molecule has 0 aliphatic carbocycles. The van der Waals surface area contributed by atoms with Gasteiger partial charge in [0.05, 0.1) is 5.69 Å². The van der Waals surface area contributed by atoms with Crippen molar-refractivity contribution < 1.29 is 0 Å². The normalized spacial score (nSPS) is 12.8. The molecule has 4 heteroatoms. The molecule has 1 unspecified atom stereocenters. The largest absolute Gasteiger partial charge is 0.324 e. The van der Waals surface area contributed by atoms with Gasteiger partial charge in [-0.3, -0.25) is 9.67 Å². The SMILES string of the molecule is Cc1nn(C)c(C)c1CC(N)c1cccc2cnccc12. The highest BCUT2D eigenvalue weighted by molar-refractivity contribution is 5.85. The van der Waals surface area contributed by atoms with Gasteiger partial charge in [-0.05, 0) is 42.8 Å². The van der Waals surface area contributed by atoms with Gasteiger partial charge in [0, 0.05) is 36.6 Å². The Morgan fingerprint density at radius 1 is 1.24 bits per heavy atom. The Bertz CT molecular complexity index is 783. The summed E-state index contributed by atoms with van der Waals surface area (Å²) in [4.78, 5) is 4.17.